The number of ether oxygens (including phenoxy) is 1. The summed E-state index contributed by atoms with van der Waals surface area (Å²) >= 11 is 3.54. The van der Waals surface area contributed by atoms with Crippen LogP contribution in [0.25, 0.3) is 0 Å². The minimum atomic E-state index is 0.636. The number of halogens is 1. The summed E-state index contributed by atoms with van der Waals surface area (Å²) in [5, 5.41) is 4.60. The van der Waals surface area contributed by atoms with Gasteiger partial charge in [-0.2, -0.15) is 5.10 Å². The van der Waals surface area contributed by atoms with E-state index in [-0.39, 0.29) is 0 Å². The molecule has 0 amide bonds. The summed E-state index contributed by atoms with van der Waals surface area (Å²) in [7, 11) is 0. The van der Waals surface area contributed by atoms with E-state index in [1.54, 1.807) is 0 Å². The quantitative estimate of drug-likeness (QED) is 0.628. The fourth-order valence-electron chi connectivity index (χ4n) is 2.86. The van der Waals surface area contributed by atoms with E-state index >= 15 is 0 Å². The van der Waals surface area contributed by atoms with Gasteiger partial charge in [-0.15, -0.1) is 0 Å². The van der Waals surface area contributed by atoms with E-state index in [2.05, 4.69) is 26.5 Å². The van der Waals surface area contributed by atoms with Gasteiger partial charge in [-0.3, -0.25) is 5.43 Å². The highest BCUT2D eigenvalue weighted by Crippen LogP contribution is 2.29. The normalized spacial score (nSPS) is 13.1. The van der Waals surface area contributed by atoms with Crippen LogP contribution in [0.5, 0.6) is 5.75 Å². The van der Waals surface area contributed by atoms with Gasteiger partial charge in [0.1, 0.15) is 17.2 Å². The van der Waals surface area contributed by atoms with Crippen molar-refractivity contribution in [3.63, 3.8) is 0 Å². The van der Waals surface area contributed by atoms with Crippen LogP contribution in [0.1, 0.15) is 29.6 Å². The Morgan fingerprint density at radius 1 is 1.07 bits per heavy atom. The van der Waals surface area contributed by atoms with Crippen molar-refractivity contribution in [3.8, 4) is 5.75 Å². The molecule has 1 aliphatic rings. The average Bonchev–Trinajstić information content (AvgIpc) is 3.00. The van der Waals surface area contributed by atoms with Crippen LogP contribution in [-0.4, -0.2) is 18.2 Å². The second-order valence-electron chi connectivity index (χ2n) is 6.06. The molecule has 1 N–H and O–H groups in total. The fourth-order valence-corrected chi connectivity index (χ4v) is 3.23. The Balaban J connectivity index is 1.78. The molecule has 0 atom stereocenters. The van der Waals surface area contributed by atoms with E-state index in [0.717, 1.165) is 32.8 Å². The summed E-state index contributed by atoms with van der Waals surface area (Å²) in [6.07, 6.45) is 0. The van der Waals surface area contributed by atoms with Gasteiger partial charge in [-0.05, 0) is 68.4 Å². The van der Waals surface area contributed by atoms with Crippen molar-refractivity contribution in [1.82, 2.24) is 5.43 Å². The van der Waals surface area contributed by atoms with Crippen molar-refractivity contribution in [3.05, 3.63) is 81.7 Å². The maximum absolute atomic E-state index is 5.81. The van der Waals surface area contributed by atoms with E-state index in [1.165, 1.54) is 0 Å². The largest absolute Gasteiger partial charge is 0.494 e. The summed E-state index contributed by atoms with van der Waals surface area (Å²) in [6, 6.07) is 17.6. The number of hydrazone groups is 1. The molecular weight excluding hydrogens is 406 g/mol. The molecule has 1 aromatic heterocycles. The Labute approximate surface area is 165 Å². The predicted molar refractivity (Wildman–Crippen MR) is 110 cm³/mol. The molecule has 5 nitrogen and oxygen atoms in total. The zero-order valence-electron chi connectivity index (χ0n) is 15.0. The molecule has 2 heterocycles. The lowest BCUT2D eigenvalue weighted by atomic mass is 10.1. The molecule has 0 fully saturated rings. The van der Waals surface area contributed by atoms with Crippen LogP contribution in [0.4, 0.5) is 5.69 Å². The Bertz CT molecular complexity index is 1040. The molecule has 0 unspecified atom stereocenters. The molecule has 1 aliphatic heterocycles. The van der Waals surface area contributed by atoms with Gasteiger partial charge in [0, 0.05) is 15.6 Å². The number of nitrogens with one attached hydrogen (secondary N) is 1. The zero-order chi connectivity index (χ0) is 18.8. The molecule has 3 aromatic rings. The first-order valence-corrected chi connectivity index (χ1v) is 9.45. The first kappa shape index (κ1) is 17.5. The lowest BCUT2D eigenvalue weighted by Gasteiger charge is -2.07. The van der Waals surface area contributed by atoms with Gasteiger partial charge in [-0.1, -0.05) is 15.9 Å². The van der Waals surface area contributed by atoms with Crippen LogP contribution < -0.4 is 10.2 Å². The van der Waals surface area contributed by atoms with Crippen molar-refractivity contribution in [2.24, 2.45) is 10.1 Å². The Morgan fingerprint density at radius 2 is 1.89 bits per heavy atom. The van der Waals surface area contributed by atoms with Crippen molar-refractivity contribution >= 4 is 33.2 Å². The van der Waals surface area contributed by atoms with Gasteiger partial charge < -0.3 is 9.15 Å². The van der Waals surface area contributed by atoms with Crippen LogP contribution in [0.2, 0.25) is 0 Å². The van der Waals surface area contributed by atoms with Crippen molar-refractivity contribution in [1.29, 1.82) is 0 Å². The zero-order valence-corrected chi connectivity index (χ0v) is 16.6. The minimum absolute atomic E-state index is 0.636. The number of hydrogen-bond acceptors (Lipinski definition) is 5. The van der Waals surface area contributed by atoms with E-state index in [0.29, 0.717) is 23.9 Å². The second kappa shape index (κ2) is 7.40. The molecule has 6 heteroatoms. The maximum atomic E-state index is 5.81. The third-order valence-electron chi connectivity index (χ3n) is 4.13. The molecule has 0 aliphatic carbocycles. The van der Waals surface area contributed by atoms with E-state index in [9.17, 15) is 0 Å². The van der Waals surface area contributed by atoms with Crippen molar-refractivity contribution in [2.45, 2.75) is 13.8 Å². The summed E-state index contributed by atoms with van der Waals surface area (Å²) in [5.41, 5.74) is 6.45. The number of benzene rings is 2. The van der Waals surface area contributed by atoms with Gasteiger partial charge in [0.15, 0.2) is 11.6 Å². The van der Waals surface area contributed by atoms with Gasteiger partial charge >= 0.3 is 0 Å². The Hall–Kier alpha value is -2.86. The van der Waals surface area contributed by atoms with E-state index in [4.69, 9.17) is 14.1 Å². The molecule has 0 radical (unpaired) electrons. The molecular formula is C21H18BrN3O2. The summed E-state index contributed by atoms with van der Waals surface area (Å²) in [4.78, 5) is 4.80. The number of rotatable bonds is 4. The van der Waals surface area contributed by atoms with Gasteiger partial charge in [0.25, 0.3) is 0 Å². The van der Waals surface area contributed by atoms with Crippen LogP contribution >= 0.6 is 15.9 Å². The number of aliphatic imine (C=N–C) groups is 1. The number of furan rings is 1. The second-order valence-corrected chi connectivity index (χ2v) is 6.98. The Kier molecular flexibility index (Phi) is 4.81. The van der Waals surface area contributed by atoms with Crippen molar-refractivity contribution in [2.75, 3.05) is 6.61 Å². The third kappa shape index (κ3) is 3.66. The number of amidine groups is 1. The number of fused-ring (bicyclic) bond motifs is 1. The summed E-state index contributed by atoms with van der Waals surface area (Å²) in [6.45, 7) is 4.52. The molecule has 0 bridgehead atoms. The molecule has 0 spiro atoms. The molecule has 0 saturated carbocycles. The molecule has 27 heavy (non-hydrogen) atoms. The summed E-state index contributed by atoms with van der Waals surface area (Å²) < 4.78 is 12.3. The maximum Gasteiger partial charge on any atom is 0.155 e. The van der Waals surface area contributed by atoms with Gasteiger partial charge in [0.05, 0.1) is 12.3 Å². The highest BCUT2D eigenvalue weighted by atomic mass is 79.9. The van der Waals surface area contributed by atoms with Crippen LogP contribution in [0, 0.1) is 6.92 Å². The Morgan fingerprint density at radius 3 is 2.59 bits per heavy atom. The van der Waals surface area contributed by atoms with Crippen molar-refractivity contribution < 1.29 is 9.15 Å². The third-order valence-corrected chi connectivity index (χ3v) is 4.63. The smallest absolute Gasteiger partial charge is 0.155 e. The van der Waals surface area contributed by atoms with Crippen LogP contribution in [0.3, 0.4) is 0 Å². The fraction of sp³-hybridized carbons (Fsp3) is 0.143. The number of aryl methyl sites for hydroxylation is 1. The highest BCUT2D eigenvalue weighted by Gasteiger charge is 2.20. The van der Waals surface area contributed by atoms with Crippen LogP contribution in [-0.2, 0) is 0 Å². The minimum Gasteiger partial charge on any atom is -0.494 e. The number of nitrogens with zero attached hydrogens (tertiary/aromatic N) is 2. The lowest BCUT2D eigenvalue weighted by Crippen LogP contribution is -2.19. The topological polar surface area (TPSA) is 59.1 Å². The first-order valence-electron chi connectivity index (χ1n) is 8.66. The highest BCUT2D eigenvalue weighted by molar-refractivity contribution is 9.10. The van der Waals surface area contributed by atoms with Gasteiger partial charge in [-0.25, -0.2) is 4.99 Å². The van der Waals surface area contributed by atoms with Crippen LogP contribution in [0.15, 0.2) is 73.6 Å². The monoisotopic (exact) mass is 423 g/mol. The number of hydrogen-bond donors (Lipinski definition) is 1. The average molecular weight is 424 g/mol. The lowest BCUT2D eigenvalue weighted by molar-refractivity contribution is 0.340. The molecule has 4 rings (SSSR count). The SMILES string of the molecule is CCOc1ccc(C2=Nc3ccc(Br)cc3C(c3ccc(C)o3)=NN2)cc1. The van der Waals surface area contributed by atoms with E-state index in [1.807, 2.05) is 68.4 Å². The first-order chi connectivity index (χ1) is 13.1. The molecule has 136 valence electrons. The van der Waals surface area contributed by atoms with E-state index < -0.39 is 0 Å². The standard InChI is InChI=1S/C21H18BrN3O2/c1-3-26-16-8-5-14(6-9-16)21-23-18-10-7-15(22)12-17(18)20(24-25-21)19-11-4-13(2)27-19/h4-12H,3H2,1-2H3,(H,23,25). The molecule has 0 saturated heterocycles. The van der Waals surface area contributed by atoms with Gasteiger partial charge in [0.2, 0.25) is 0 Å². The summed E-state index contributed by atoms with van der Waals surface area (Å²) in [5.74, 6) is 3.03. The predicted octanol–water partition coefficient (Wildman–Crippen LogP) is 5.18. The molecule has 2 aromatic carbocycles.